The maximum absolute atomic E-state index is 11.9. The van der Waals surface area contributed by atoms with Gasteiger partial charge in [-0.15, -0.1) is 0 Å². The van der Waals surface area contributed by atoms with Gasteiger partial charge in [-0.2, -0.15) is 5.26 Å². The van der Waals surface area contributed by atoms with Gasteiger partial charge < -0.3 is 14.8 Å². The summed E-state index contributed by atoms with van der Waals surface area (Å²) in [6.45, 7) is 6.06. The molecule has 0 spiro atoms. The second-order valence-electron chi connectivity index (χ2n) is 4.64. The lowest BCUT2D eigenvalue weighted by Crippen LogP contribution is -2.30. The van der Waals surface area contributed by atoms with E-state index in [1.54, 1.807) is 25.3 Å². The normalized spacial score (nSPS) is 11.0. The van der Waals surface area contributed by atoms with E-state index in [2.05, 4.69) is 5.32 Å². The van der Waals surface area contributed by atoms with Gasteiger partial charge in [0.15, 0.2) is 11.5 Å². The minimum absolute atomic E-state index is 0.0240. The molecule has 0 atom stereocenters. The van der Waals surface area contributed by atoms with Gasteiger partial charge in [-0.1, -0.05) is 6.07 Å². The van der Waals surface area contributed by atoms with Crippen molar-refractivity contribution in [3.05, 3.63) is 29.3 Å². The van der Waals surface area contributed by atoms with Crippen molar-refractivity contribution in [2.75, 3.05) is 13.7 Å². The van der Waals surface area contributed by atoms with E-state index in [0.29, 0.717) is 23.7 Å². The van der Waals surface area contributed by atoms with Crippen LogP contribution in [-0.4, -0.2) is 25.7 Å². The summed E-state index contributed by atoms with van der Waals surface area (Å²) in [7, 11) is 1.56. The molecule has 1 rings (SSSR count). The number of nitriles is 1. The molecule has 5 nitrogen and oxygen atoms in total. The van der Waals surface area contributed by atoms with Crippen molar-refractivity contribution in [2.45, 2.75) is 26.8 Å². The van der Waals surface area contributed by atoms with Crippen molar-refractivity contribution in [1.29, 1.82) is 5.26 Å². The molecular formula is C16H20N2O3. The maximum atomic E-state index is 11.9. The van der Waals surface area contributed by atoms with Crippen LogP contribution in [0.15, 0.2) is 23.8 Å². The van der Waals surface area contributed by atoms with E-state index < -0.39 is 0 Å². The zero-order valence-corrected chi connectivity index (χ0v) is 12.8. The number of carbonyl (C=O) groups excluding carboxylic acids is 1. The zero-order chi connectivity index (χ0) is 15.8. The maximum Gasteiger partial charge on any atom is 0.262 e. The first-order chi connectivity index (χ1) is 10.0. The van der Waals surface area contributed by atoms with Crippen molar-refractivity contribution >= 4 is 12.0 Å². The molecule has 1 aromatic rings. The molecule has 5 heteroatoms. The molecule has 0 aliphatic carbocycles. The molecule has 1 amide bonds. The summed E-state index contributed by atoms with van der Waals surface area (Å²) in [6, 6.07) is 7.13. The molecule has 0 aromatic heterocycles. The number of ether oxygens (including phenoxy) is 2. The Kier molecular flexibility index (Phi) is 6.28. The van der Waals surface area contributed by atoms with Crippen molar-refractivity contribution in [3.8, 4) is 17.6 Å². The minimum atomic E-state index is -0.388. The Bertz CT molecular complexity index is 571. The third-order valence-corrected chi connectivity index (χ3v) is 2.58. The lowest BCUT2D eigenvalue weighted by molar-refractivity contribution is -0.117. The Balaban J connectivity index is 3.09. The van der Waals surface area contributed by atoms with E-state index >= 15 is 0 Å². The van der Waals surface area contributed by atoms with Crippen LogP contribution >= 0.6 is 0 Å². The van der Waals surface area contributed by atoms with Gasteiger partial charge in [-0.3, -0.25) is 4.79 Å². The predicted molar refractivity (Wildman–Crippen MR) is 81.0 cm³/mol. The van der Waals surface area contributed by atoms with Crippen molar-refractivity contribution in [3.63, 3.8) is 0 Å². The summed E-state index contributed by atoms with van der Waals surface area (Å²) in [6.07, 6.45) is 1.53. The van der Waals surface area contributed by atoms with Gasteiger partial charge in [0.05, 0.1) is 13.7 Å². The average Bonchev–Trinajstić information content (AvgIpc) is 2.44. The third-order valence-electron chi connectivity index (χ3n) is 2.58. The van der Waals surface area contributed by atoms with Gasteiger partial charge in [0, 0.05) is 6.04 Å². The lowest BCUT2D eigenvalue weighted by Gasteiger charge is -2.10. The molecule has 0 unspecified atom stereocenters. The fraction of sp³-hybridized carbons (Fsp3) is 0.375. The molecule has 0 radical (unpaired) electrons. The van der Waals surface area contributed by atoms with Crippen LogP contribution in [0.25, 0.3) is 6.08 Å². The Morgan fingerprint density at radius 2 is 2.14 bits per heavy atom. The van der Waals surface area contributed by atoms with Crippen LogP contribution in [0.1, 0.15) is 26.3 Å². The number of methoxy groups -OCH3 is 1. The second-order valence-corrected chi connectivity index (χ2v) is 4.64. The van der Waals surface area contributed by atoms with Gasteiger partial charge in [0.2, 0.25) is 0 Å². The highest BCUT2D eigenvalue weighted by Crippen LogP contribution is 2.28. The van der Waals surface area contributed by atoms with Crippen LogP contribution < -0.4 is 14.8 Å². The predicted octanol–water partition coefficient (Wildman–Crippen LogP) is 2.53. The first-order valence-electron chi connectivity index (χ1n) is 6.75. The number of nitrogens with zero attached hydrogens (tertiary/aromatic N) is 1. The standard InChI is InChI=1S/C16H20N2O3/c1-5-21-15-9-12(6-7-14(15)20-4)8-13(10-17)16(19)18-11(2)3/h6-9,11H,5H2,1-4H3,(H,18,19)/b13-8-. The van der Waals surface area contributed by atoms with Gasteiger partial charge in [0.1, 0.15) is 11.6 Å². The number of nitrogens with one attached hydrogen (secondary N) is 1. The van der Waals surface area contributed by atoms with Crippen molar-refractivity contribution in [1.82, 2.24) is 5.32 Å². The highest BCUT2D eigenvalue weighted by Gasteiger charge is 2.11. The van der Waals surface area contributed by atoms with Crippen molar-refractivity contribution < 1.29 is 14.3 Å². The van der Waals surface area contributed by atoms with Crippen LogP contribution in [0, 0.1) is 11.3 Å². The van der Waals surface area contributed by atoms with Crippen LogP contribution in [0.2, 0.25) is 0 Å². The van der Waals surface area contributed by atoms with Gasteiger partial charge >= 0.3 is 0 Å². The third kappa shape index (κ3) is 4.84. The summed E-state index contributed by atoms with van der Waals surface area (Å²) < 4.78 is 10.7. The molecule has 0 aliphatic rings. The van der Waals surface area contributed by atoms with Crippen LogP contribution in [0.3, 0.4) is 0 Å². The fourth-order valence-electron chi connectivity index (χ4n) is 1.71. The Morgan fingerprint density at radius 3 is 2.67 bits per heavy atom. The zero-order valence-electron chi connectivity index (χ0n) is 12.8. The molecule has 0 bridgehead atoms. The Morgan fingerprint density at radius 1 is 1.43 bits per heavy atom. The first-order valence-corrected chi connectivity index (χ1v) is 6.75. The number of carbonyl (C=O) groups is 1. The summed E-state index contributed by atoms with van der Waals surface area (Å²) in [5.74, 6) is 0.802. The van der Waals surface area contributed by atoms with E-state index in [1.807, 2.05) is 26.8 Å². The largest absolute Gasteiger partial charge is 0.493 e. The van der Waals surface area contributed by atoms with Gasteiger partial charge in [-0.05, 0) is 44.5 Å². The fourth-order valence-corrected chi connectivity index (χ4v) is 1.71. The molecule has 112 valence electrons. The van der Waals surface area contributed by atoms with Gasteiger partial charge in [-0.25, -0.2) is 0 Å². The van der Waals surface area contributed by atoms with E-state index in [0.717, 1.165) is 0 Å². The van der Waals surface area contributed by atoms with E-state index in [-0.39, 0.29) is 17.5 Å². The summed E-state index contributed by atoms with van der Waals surface area (Å²) in [5, 5.41) is 11.8. The SMILES string of the molecule is CCOc1cc(/C=C(/C#N)C(=O)NC(C)C)ccc1OC. The topological polar surface area (TPSA) is 71.3 Å². The molecule has 0 saturated carbocycles. The first kappa shape index (κ1) is 16.6. The summed E-state index contributed by atoms with van der Waals surface area (Å²) in [5.41, 5.74) is 0.756. The average molecular weight is 288 g/mol. The number of hydrogen-bond acceptors (Lipinski definition) is 4. The minimum Gasteiger partial charge on any atom is -0.493 e. The van der Waals surface area contributed by atoms with Crippen LogP contribution in [-0.2, 0) is 4.79 Å². The number of amides is 1. The molecule has 0 aliphatic heterocycles. The Hall–Kier alpha value is -2.48. The highest BCUT2D eigenvalue weighted by atomic mass is 16.5. The molecule has 0 fully saturated rings. The van der Waals surface area contributed by atoms with Crippen LogP contribution in [0.5, 0.6) is 11.5 Å². The Labute approximate surface area is 125 Å². The molecule has 1 N–H and O–H groups in total. The van der Waals surface area contributed by atoms with Crippen molar-refractivity contribution in [2.24, 2.45) is 0 Å². The second kappa shape index (κ2) is 7.95. The summed E-state index contributed by atoms with van der Waals surface area (Å²) in [4.78, 5) is 11.9. The lowest BCUT2D eigenvalue weighted by atomic mass is 10.1. The molecule has 0 heterocycles. The molecule has 1 aromatic carbocycles. The molecular weight excluding hydrogens is 268 g/mol. The molecule has 21 heavy (non-hydrogen) atoms. The van der Waals surface area contributed by atoms with E-state index in [4.69, 9.17) is 14.7 Å². The number of hydrogen-bond donors (Lipinski definition) is 1. The number of benzene rings is 1. The summed E-state index contributed by atoms with van der Waals surface area (Å²) >= 11 is 0. The van der Waals surface area contributed by atoms with E-state index in [1.165, 1.54) is 6.08 Å². The van der Waals surface area contributed by atoms with E-state index in [9.17, 15) is 4.79 Å². The molecule has 0 saturated heterocycles. The smallest absolute Gasteiger partial charge is 0.262 e. The number of rotatable bonds is 6. The monoisotopic (exact) mass is 288 g/mol. The highest BCUT2D eigenvalue weighted by molar-refractivity contribution is 6.01. The quantitative estimate of drug-likeness (QED) is 0.645. The van der Waals surface area contributed by atoms with Gasteiger partial charge in [0.25, 0.3) is 5.91 Å². The van der Waals surface area contributed by atoms with Crippen LogP contribution in [0.4, 0.5) is 0 Å².